The number of Topliss-reactive ketones (excluding diaryl/α,β-unsaturated/α-hetero) is 1. The summed E-state index contributed by atoms with van der Waals surface area (Å²) in [7, 11) is 0. The molecule has 0 saturated heterocycles. The minimum absolute atomic E-state index is 0.168. The maximum atomic E-state index is 14.3. The SMILES string of the molecule is Cc1ccc(C(=O)C(CC(F)(F)C(F)(F)C(F)(F)C(F)(F)F)c2ccccc2)cc1C. The maximum absolute atomic E-state index is 14.3. The van der Waals surface area contributed by atoms with Crippen LogP contribution in [0.3, 0.4) is 0 Å². The van der Waals surface area contributed by atoms with Gasteiger partial charge in [-0.1, -0.05) is 42.5 Å². The molecule has 0 radical (unpaired) electrons. The molecule has 0 fully saturated rings. The van der Waals surface area contributed by atoms with Crippen molar-refractivity contribution in [2.24, 2.45) is 0 Å². The lowest BCUT2D eigenvalue weighted by Crippen LogP contribution is -2.61. The molecule has 0 spiro atoms. The summed E-state index contributed by atoms with van der Waals surface area (Å²) in [5.74, 6) is -22.8. The van der Waals surface area contributed by atoms with Crippen molar-refractivity contribution in [2.45, 2.75) is 50.1 Å². The lowest BCUT2D eigenvalue weighted by molar-refractivity contribution is -0.396. The van der Waals surface area contributed by atoms with Gasteiger partial charge in [-0.3, -0.25) is 4.79 Å². The molecule has 0 aliphatic heterocycles. The van der Waals surface area contributed by atoms with E-state index in [1.165, 1.54) is 36.4 Å². The van der Waals surface area contributed by atoms with E-state index < -0.39 is 42.1 Å². The van der Waals surface area contributed by atoms with E-state index in [0.29, 0.717) is 5.56 Å². The van der Waals surface area contributed by atoms with Crippen LogP contribution in [0, 0.1) is 13.8 Å². The number of carbonyl (C=O) groups excluding carboxylic acids is 1. The van der Waals surface area contributed by atoms with Gasteiger partial charge in [-0.2, -0.15) is 39.5 Å². The zero-order valence-corrected chi connectivity index (χ0v) is 16.2. The van der Waals surface area contributed by atoms with E-state index in [0.717, 1.165) is 17.7 Å². The third-order valence-corrected chi connectivity index (χ3v) is 4.98. The van der Waals surface area contributed by atoms with Gasteiger partial charge in [-0.15, -0.1) is 0 Å². The van der Waals surface area contributed by atoms with Crippen LogP contribution in [0.1, 0.15) is 39.4 Å². The van der Waals surface area contributed by atoms with Crippen LogP contribution < -0.4 is 0 Å². The summed E-state index contributed by atoms with van der Waals surface area (Å²) >= 11 is 0. The molecular weight excluding hydrogens is 439 g/mol. The number of carbonyl (C=O) groups is 1. The van der Waals surface area contributed by atoms with Gasteiger partial charge in [0.15, 0.2) is 5.78 Å². The first kappa shape index (κ1) is 24.7. The van der Waals surface area contributed by atoms with E-state index >= 15 is 0 Å². The molecule has 10 heteroatoms. The van der Waals surface area contributed by atoms with Gasteiger partial charge in [0.05, 0.1) is 5.92 Å². The van der Waals surface area contributed by atoms with Crippen molar-refractivity contribution >= 4 is 5.78 Å². The van der Waals surface area contributed by atoms with Crippen molar-refractivity contribution in [3.63, 3.8) is 0 Å². The molecule has 2 rings (SSSR count). The number of benzene rings is 2. The van der Waals surface area contributed by atoms with E-state index in [9.17, 15) is 44.3 Å². The van der Waals surface area contributed by atoms with Gasteiger partial charge in [-0.25, -0.2) is 0 Å². The van der Waals surface area contributed by atoms with Crippen LogP contribution in [0.15, 0.2) is 48.5 Å². The number of hydrogen-bond acceptors (Lipinski definition) is 1. The van der Waals surface area contributed by atoms with E-state index in [-0.39, 0.29) is 11.1 Å². The molecule has 0 bridgehead atoms. The molecule has 0 amide bonds. The first-order chi connectivity index (χ1) is 14.0. The molecule has 0 heterocycles. The van der Waals surface area contributed by atoms with Crippen LogP contribution in [0.4, 0.5) is 39.5 Å². The number of hydrogen-bond donors (Lipinski definition) is 0. The Labute approximate surface area is 171 Å². The number of halogens is 9. The topological polar surface area (TPSA) is 17.1 Å². The molecular formula is C21H17F9O. The summed E-state index contributed by atoms with van der Waals surface area (Å²) in [6.07, 6.45) is -9.16. The third kappa shape index (κ3) is 4.57. The van der Waals surface area contributed by atoms with Gasteiger partial charge in [0.1, 0.15) is 0 Å². The van der Waals surface area contributed by atoms with Gasteiger partial charge < -0.3 is 0 Å². The Morgan fingerprint density at radius 1 is 0.774 bits per heavy atom. The van der Waals surface area contributed by atoms with Crippen LogP contribution >= 0.6 is 0 Å². The highest BCUT2D eigenvalue weighted by atomic mass is 19.4. The summed E-state index contributed by atoms with van der Waals surface area (Å²) in [5.41, 5.74) is 0.906. The van der Waals surface area contributed by atoms with Crippen molar-refractivity contribution < 1.29 is 44.3 Å². The van der Waals surface area contributed by atoms with E-state index in [2.05, 4.69) is 0 Å². The van der Waals surface area contributed by atoms with Crippen molar-refractivity contribution in [3.8, 4) is 0 Å². The first-order valence-electron chi connectivity index (χ1n) is 8.89. The lowest BCUT2D eigenvalue weighted by Gasteiger charge is -2.35. The predicted molar refractivity (Wildman–Crippen MR) is 94.9 cm³/mol. The fourth-order valence-electron chi connectivity index (χ4n) is 2.94. The van der Waals surface area contributed by atoms with E-state index in [4.69, 9.17) is 0 Å². The molecule has 1 atom stereocenters. The minimum atomic E-state index is -7.01. The number of alkyl halides is 9. The summed E-state index contributed by atoms with van der Waals surface area (Å²) in [6, 6.07) is 10.3. The standard InChI is InChI=1S/C21H17F9O/c1-12-8-9-15(10-13(12)2)17(31)16(14-6-4-3-5-7-14)11-18(22,23)19(24,25)20(26,27)21(28,29)30/h3-10,16H,11H2,1-2H3. The fourth-order valence-corrected chi connectivity index (χ4v) is 2.94. The first-order valence-corrected chi connectivity index (χ1v) is 8.89. The second kappa shape index (κ2) is 8.20. The number of aryl methyl sites for hydroxylation is 2. The second-order valence-corrected chi connectivity index (χ2v) is 7.18. The molecule has 0 aliphatic carbocycles. The van der Waals surface area contributed by atoms with Crippen molar-refractivity contribution in [2.75, 3.05) is 0 Å². The Kier molecular flexibility index (Phi) is 6.54. The Balaban J connectivity index is 2.53. The molecule has 1 nitrogen and oxygen atoms in total. The molecule has 0 aliphatic rings. The van der Waals surface area contributed by atoms with Gasteiger partial charge in [0.25, 0.3) is 0 Å². The van der Waals surface area contributed by atoms with Crippen LogP contribution in [0.25, 0.3) is 0 Å². The average Bonchev–Trinajstić information content (AvgIpc) is 2.67. The zero-order chi connectivity index (χ0) is 23.8. The predicted octanol–water partition coefficient (Wildman–Crippen LogP) is 7.13. The van der Waals surface area contributed by atoms with Gasteiger partial charge in [0.2, 0.25) is 0 Å². The monoisotopic (exact) mass is 456 g/mol. The van der Waals surface area contributed by atoms with Crippen LogP contribution in [-0.4, -0.2) is 29.7 Å². The van der Waals surface area contributed by atoms with Gasteiger partial charge >= 0.3 is 23.9 Å². The largest absolute Gasteiger partial charge is 0.460 e. The summed E-state index contributed by atoms with van der Waals surface area (Å²) in [5, 5.41) is 0. The average molecular weight is 456 g/mol. The molecule has 0 saturated carbocycles. The Bertz CT molecular complexity index is 934. The molecule has 0 N–H and O–H groups in total. The highest BCUT2D eigenvalue weighted by molar-refractivity contribution is 6.01. The van der Waals surface area contributed by atoms with Crippen molar-refractivity contribution in [3.05, 3.63) is 70.8 Å². The van der Waals surface area contributed by atoms with Gasteiger partial charge in [0, 0.05) is 12.0 Å². The van der Waals surface area contributed by atoms with Crippen molar-refractivity contribution in [1.82, 2.24) is 0 Å². The fraction of sp³-hybridized carbons (Fsp3) is 0.381. The third-order valence-electron chi connectivity index (χ3n) is 4.98. The summed E-state index contributed by atoms with van der Waals surface area (Å²) < 4.78 is 120. The highest BCUT2D eigenvalue weighted by Crippen LogP contribution is 2.55. The van der Waals surface area contributed by atoms with Crippen LogP contribution in [-0.2, 0) is 0 Å². The van der Waals surface area contributed by atoms with Crippen molar-refractivity contribution in [1.29, 1.82) is 0 Å². The highest BCUT2D eigenvalue weighted by Gasteiger charge is 2.81. The lowest BCUT2D eigenvalue weighted by atomic mass is 9.83. The van der Waals surface area contributed by atoms with E-state index in [1.807, 2.05) is 0 Å². The Morgan fingerprint density at radius 3 is 1.81 bits per heavy atom. The smallest absolute Gasteiger partial charge is 0.293 e. The molecule has 31 heavy (non-hydrogen) atoms. The van der Waals surface area contributed by atoms with Crippen LogP contribution in [0.2, 0.25) is 0 Å². The summed E-state index contributed by atoms with van der Waals surface area (Å²) in [6.45, 7) is 3.28. The maximum Gasteiger partial charge on any atom is 0.460 e. The number of ketones is 1. The molecule has 1 unspecified atom stereocenters. The molecule has 2 aromatic carbocycles. The molecule has 2 aromatic rings. The Hall–Kier alpha value is -2.52. The second-order valence-electron chi connectivity index (χ2n) is 7.18. The van der Waals surface area contributed by atoms with Crippen LogP contribution in [0.5, 0.6) is 0 Å². The summed E-state index contributed by atoms with van der Waals surface area (Å²) in [4.78, 5) is 12.9. The quantitative estimate of drug-likeness (QED) is 0.320. The molecule has 0 aromatic heterocycles. The zero-order valence-electron chi connectivity index (χ0n) is 16.2. The van der Waals surface area contributed by atoms with E-state index in [1.54, 1.807) is 13.8 Å². The minimum Gasteiger partial charge on any atom is -0.293 e. The Morgan fingerprint density at radius 2 is 1.32 bits per heavy atom. The molecule has 170 valence electrons. The van der Waals surface area contributed by atoms with Gasteiger partial charge in [-0.05, 0) is 36.6 Å². The normalized spacial score (nSPS) is 14.4. The number of rotatable bonds is 7.